The first-order valence-electron chi connectivity index (χ1n) is 4.72. The lowest BCUT2D eigenvalue weighted by Crippen LogP contribution is -2.37. The second-order valence-corrected chi connectivity index (χ2v) is 5.78. The van der Waals surface area contributed by atoms with Crippen molar-refractivity contribution < 1.29 is 42.9 Å². The summed E-state index contributed by atoms with van der Waals surface area (Å²) in [7, 11) is -2.76. The number of hydrogen-bond acceptors (Lipinski definition) is 9. The van der Waals surface area contributed by atoms with Crippen molar-refractivity contribution in [3.8, 4) is 0 Å². The van der Waals surface area contributed by atoms with Crippen LogP contribution in [0.5, 0.6) is 0 Å². The molecule has 2 atom stereocenters. The molecule has 0 heterocycles. The number of hydrogen-bond donors (Lipinski definition) is 4. The summed E-state index contributed by atoms with van der Waals surface area (Å²) in [5.41, 5.74) is -1.11. The Morgan fingerprint density at radius 1 is 0.833 bits per heavy atom. The van der Waals surface area contributed by atoms with Gasteiger partial charge < -0.3 is 29.5 Å². The van der Waals surface area contributed by atoms with E-state index in [9.17, 15) is 9.13 Å². The van der Waals surface area contributed by atoms with Gasteiger partial charge in [0.15, 0.2) is 0 Å². The third-order valence-electron chi connectivity index (χ3n) is 1.84. The molecule has 0 rings (SSSR count). The third-order valence-corrected chi connectivity index (χ3v) is 3.84. The second kappa shape index (κ2) is 12.2. The van der Waals surface area contributed by atoms with Crippen LogP contribution in [0.3, 0.4) is 0 Å². The van der Waals surface area contributed by atoms with Crippen molar-refractivity contribution in [1.82, 2.24) is 0 Å². The maximum atomic E-state index is 10.3. The first-order valence-corrected chi connectivity index (χ1v) is 7.17. The van der Waals surface area contributed by atoms with Gasteiger partial charge in [-0.15, -0.1) is 0 Å². The van der Waals surface area contributed by atoms with Crippen LogP contribution in [0.15, 0.2) is 0 Å². The Balaban J connectivity index is 0. The highest BCUT2D eigenvalue weighted by Crippen LogP contribution is 2.37. The molecule has 0 fully saturated rings. The average Bonchev–Trinajstić information content (AvgIpc) is 2.42. The van der Waals surface area contributed by atoms with Crippen LogP contribution in [0.1, 0.15) is 0 Å². The Hall–Kier alpha value is 0.180. The van der Waals surface area contributed by atoms with E-state index in [2.05, 4.69) is 13.4 Å². The molecule has 0 aromatic carbocycles. The zero-order chi connectivity index (χ0) is 14.6. The summed E-state index contributed by atoms with van der Waals surface area (Å²) in [5, 5.41) is 34.0. The van der Waals surface area contributed by atoms with Crippen molar-refractivity contribution >= 4 is 16.5 Å². The average molecular weight is 310 g/mol. The lowest BCUT2D eigenvalue weighted by molar-refractivity contribution is -0.0328. The fourth-order valence-corrected chi connectivity index (χ4v) is 1.66. The zero-order valence-corrected chi connectivity index (χ0v) is 12.2. The Morgan fingerprint density at radius 2 is 1.11 bits per heavy atom. The first kappa shape index (κ1) is 20.5. The maximum absolute atomic E-state index is 10.3. The highest BCUT2D eigenvalue weighted by atomic mass is 31.2. The van der Waals surface area contributed by atoms with Crippen LogP contribution in [-0.2, 0) is 22.5 Å². The predicted molar refractivity (Wildman–Crippen MR) is 63.9 cm³/mol. The molecule has 9 nitrogen and oxygen atoms in total. The Morgan fingerprint density at radius 3 is 1.22 bits per heavy atom. The quantitative estimate of drug-likeness (QED) is 0.416. The monoisotopic (exact) mass is 310 g/mol. The molecule has 0 spiro atoms. The molecule has 0 bridgehead atoms. The van der Waals surface area contributed by atoms with Crippen molar-refractivity contribution in [3.05, 3.63) is 0 Å². The highest BCUT2D eigenvalue weighted by Gasteiger charge is 2.26. The van der Waals surface area contributed by atoms with E-state index in [0.29, 0.717) is 0 Å². The van der Waals surface area contributed by atoms with Gasteiger partial charge in [-0.1, -0.05) is 0 Å². The van der Waals surface area contributed by atoms with Crippen molar-refractivity contribution in [3.63, 3.8) is 0 Å². The molecule has 0 aromatic heterocycles. The van der Waals surface area contributed by atoms with Gasteiger partial charge >= 0.3 is 16.5 Å². The van der Waals surface area contributed by atoms with Crippen molar-refractivity contribution in [2.24, 2.45) is 5.41 Å². The van der Waals surface area contributed by atoms with Gasteiger partial charge in [0.25, 0.3) is 0 Å². The third kappa shape index (κ3) is 9.16. The summed E-state index contributed by atoms with van der Waals surface area (Å²) in [4.78, 5) is 0. The first-order chi connectivity index (χ1) is 8.44. The van der Waals surface area contributed by atoms with E-state index in [1.807, 2.05) is 0 Å². The summed E-state index contributed by atoms with van der Waals surface area (Å²) >= 11 is 0. The van der Waals surface area contributed by atoms with Crippen molar-refractivity contribution in [1.29, 1.82) is 0 Å². The van der Waals surface area contributed by atoms with Crippen LogP contribution in [0.2, 0.25) is 0 Å². The van der Waals surface area contributed by atoms with Gasteiger partial charge in [0.2, 0.25) is 0 Å². The van der Waals surface area contributed by atoms with Gasteiger partial charge in [0.05, 0.1) is 31.8 Å². The SMILES string of the molecule is CO[PH](=O)O[PH](=O)OC.OCC(CO)(CO)CO. The maximum Gasteiger partial charge on any atom is 0.325 e. The van der Waals surface area contributed by atoms with Crippen LogP contribution in [0, 0.1) is 5.41 Å². The normalized spacial score (nSPS) is 14.6. The molecule has 0 aliphatic rings. The van der Waals surface area contributed by atoms with E-state index in [-0.39, 0.29) is 0 Å². The van der Waals surface area contributed by atoms with Gasteiger partial charge in [-0.05, 0) is 0 Å². The second-order valence-electron chi connectivity index (χ2n) is 3.14. The van der Waals surface area contributed by atoms with E-state index in [1.54, 1.807) is 0 Å². The van der Waals surface area contributed by atoms with Gasteiger partial charge in [-0.2, -0.15) is 0 Å². The minimum Gasteiger partial charge on any atom is -0.396 e. The largest absolute Gasteiger partial charge is 0.396 e. The van der Waals surface area contributed by atoms with E-state index < -0.39 is 48.4 Å². The molecule has 2 unspecified atom stereocenters. The molecule has 0 radical (unpaired) electrons. The molecule has 0 aliphatic heterocycles. The molecule has 0 aromatic rings. The zero-order valence-electron chi connectivity index (χ0n) is 10.2. The summed E-state index contributed by atoms with van der Waals surface area (Å²) in [5.74, 6) is 0. The molecule has 0 amide bonds. The molecular formula is C7H20O9P2. The molecule has 0 aliphatic carbocycles. The van der Waals surface area contributed by atoms with Crippen LogP contribution < -0.4 is 0 Å². The molecular weight excluding hydrogens is 290 g/mol. The topological polar surface area (TPSA) is 143 Å². The van der Waals surface area contributed by atoms with Crippen LogP contribution in [-0.4, -0.2) is 61.1 Å². The molecule has 11 heteroatoms. The van der Waals surface area contributed by atoms with Crippen molar-refractivity contribution in [2.75, 3.05) is 40.6 Å². The number of aliphatic hydroxyl groups is 4. The van der Waals surface area contributed by atoms with Crippen molar-refractivity contribution in [2.45, 2.75) is 0 Å². The summed E-state index contributed by atoms with van der Waals surface area (Å²) in [6, 6.07) is 0. The predicted octanol–water partition coefficient (Wildman–Crippen LogP) is -0.983. The van der Waals surface area contributed by atoms with Gasteiger partial charge in [0, 0.05) is 14.2 Å². The van der Waals surface area contributed by atoms with E-state index >= 15 is 0 Å². The van der Waals surface area contributed by atoms with E-state index in [1.165, 1.54) is 14.2 Å². The van der Waals surface area contributed by atoms with Gasteiger partial charge in [-0.25, -0.2) is 4.31 Å². The molecule has 18 heavy (non-hydrogen) atoms. The summed E-state index contributed by atoms with van der Waals surface area (Å²) < 4.78 is 33.1. The lowest BCUT2D eigenvalue weighted by Gasteiger charge is -2.23. The highest BCUT2D eigenvalue weighted by molar-refractivity contribution is 7.47. The number of rotatable bonds is 8. The van der Waals surface area contributed by atoms with Gasteiger partial charge in [0.1, 0.15) is 0 Å². The summed E-state index contributed by atoms with van der Waals surface area (Å²) in [6.07, 6.45) is 0. The molecule has 4 N–H and O–H groups in total. The summed E-state index contributed by atoms with van der Waals surface area (Å²) in [6.45, 7) is -1.62. The standard InChI is InChI=1S/C5H12O4.C2H8O5P2/c6-1-5(2-7,3-8)4-9;1-5-8(3)7-9(4)6-2/h6-9H,1-4H2;8-9H,1-2H3. The number of aliphatic hydroxyl groups excluding tert-OH is 4. The van der Waals surface area contributed by atoms with Gasteiger partial charge in [-0.3, -0.25) is 9.13 Å². The smallest absolute Gasteiger partial charge is 0.325 e. The van der Waals surface area contributed by atoms with Crippen LogP contribution in [0.4, 0.5) is 0 Å². The Bertz CT molecular complexity index is 212. The minimum absolute atomic E-state index is 0.406. The Labute approximate surface area is 106 Å². The lowest BCUT2D eigenvalue weighted by atomic mass is 9.93. The molecule has 0 saturated carbocycles. The minimum atomic E-state index is -2.58. The van der Waals surface area contributed by atoms with E-state index in [0.717, 1.165) is 0 Å². The fraction of sp³-hybridized carbons (Fsp3) is 1.00. The van der Waals surface area contributed by atoms with Crippen LogP contribution >= 0.6 is 16.5 Å². The van der Waals surface area contributed by atoms with Crippen LogP contribution in [0.25, 0.3) is 0 Å². The van der Waals surface area contributed by atoms with E-state index in [4.69, 9.17) is 20.4 Å². The molecule has 112 valence electrons. The molecule has 0 saturated heterocycles. The fourth-order valence-electron chi connectivity index (χ4n) is 0.451. The Kier molecular flexibility index (Phi) is 13.9.